The first-order valence-electron chi connectivity index (χ1n) is 13.6. The summed E-state index contributed by atoms with van der Waals surface area (Å²) in [6, 6.07) is 36.5. The smallest absolute Gasteiger partial charge is 0.324 e. The third-order valence-corrected chi connectivity index (χ3v) is 6.36. The molecule has 4 aromatic rings. The van der Waals surface area contributed by atoms with Crippen molar-refractivity contribution in [3.63, 3.8) is 0 Å². The first-order chi connectivity index (χ1) is 20.5. The van der Waals surface area contributed by atoms with Crippen LogP contribution in [0.15, 0.2) is 121 Å². The fourth-order valence-electron chi connectivity index (χ4n) is 4.14. The summed E-state index contributed by atoms with van der Waals surface area (Å²) >= 11 is 0. The van der Waals surface area contributed by atoms with Gasteiger partial charge in [-0.2, -0.15) is 0 Å². The maximum atomic E-state index is 12.3. The summed E-state index contributed by atoms with van der Waals surface area (Å²) in [4.78, 5) is 46.4. The number of rotatable bonds is 11. The number of imide groups is 1. The van der Waals surface area contributed by atoms with E-state index in [1.165, 1.54) is 0 Å². The minimum absolute atomic E-state index is 0. The highest BCUT2D eigenvalue weighted by Gasteiger charge is 2.39. The van der Waals surface area contributed by atoms with E-state index in [0.717, 1.165) is 27.3 Å². The molecule has 1 saturated heterocycles. The first kappa shape index (κ1) is 33.0. The Morgan fingerprint density at radius 2 is 1.21 bits per heavy atom. The number of amides is 4. The molecule has 0 aliphatic carbocycles. The molecule has 43 heavy (non-hydrogen) atoms. The topological polar surface area (TPSA) is 123 Å². The molecular formula is C33H35ClN4O5. The lowest BCUT2D eigenvalue weighted by atomic mass is 10.1. The van der Waals surface area contributed by atoms with E-state index < -0.39 is 18.1 Å². The van der Waals surface area contributed by atoms with E-state index in [2.05, 4.69) is 10.8 Å². The Morgan fingerprint density at radius 1 is 0.744 bits per heavy atom. The van der Waals surface area contributed by atoms with E-state index in [-0.39, 0.29) is 30.8 Å². The second kappa shape index (κ2) is 17.4. The molecule has 0 aromatic heterocycles. The summed E-state index contributed by atoms with van der Waals surface area (Å²) in [5, 5.41) is 3.47. The SMILES string of the molecule is Cl.N[C@@H](Cc1ccccc1)C(=O)NOCc1ccccc1.O=C1N[C@@H](Cc2ccccc2)C(=O)N1OCc1ccccc1. The van der Waals surface area contributed by atoms with Crippen LogP contribution in [0.1, 0.15) is 22.3 Å². The van der Waals surface area contributed by atoms with Gasteiger partial charge in [-0.25, -0.2) is 10.3 Å². The van der Waals surface area contributed by atoms with Crippen LogP contribution in [0.2, 0.25) is 0 Å². The lowest BCUT2D eigenvalue weighted by Crippen LogP contribution is -2.41. The predicted molar refractivity (Wildman–Crippen MR) is 165 cm³/mol. The normalized spacial score (nSPS) is 14.5. The third kappa shape index (κ3) is 10.7. The number of urea groups is 1. The molecule has 5 rings (SSSR count). The van der Waals surface area contributed by atoms with E-state index in [9.17, 15) is 14.4 Å². The molecule has 0 spiro atoms. The Kier molecular flexibility index (Phi) is 13.4. The van der Waals surface area contributed by atoms with Gasteiger partial charge in [-0.05, 0) is 28.7 Å². The molecule has 9 nitrogen and oxygen atoms in total. The molecule has 224 valence electrons. The van der Waals surface area contributed by atoms with Crippen LogP contribution in [-0.2, 0) is 45.3 Å². The number of hydrogen-bond donors (Lipinski definition) is 3. The van der Waals surface area contributed by atoms with Gasteiger partial charge in [0.1, 0.15) is 12.6 Å². The van der Waals surface area contributed by atoms with Crippen molar-refractivity contribution in [2.24, 2.45) is 5.73 Å². The van der Waals surface area contributed by atoms with Crippen molar-refractivity contribution >= 4 is 30.3 Å². The number of hydroxylamine groups is 3. The standard InChI is InChI=1S/C17H16N2O3.C16H18N2O2.ClH/c20-16-15(11-13-7-3-1-4-8-13)18-17(21)19(16)22-12-14-9-5-2-6-10-14;17-15(11-13-7-3-1-4-8-13)16(19)18-20-12-14-9-5-2-6-10-14;/h1-10,15H,11-12H2,(H,18,21);1-10,15H,11-12,17H2,(H,18,19);1H/t2*15-;/m00./s1. The number of halogens is 1. The van der Waals surface area contributed by atoms with Crippen LogP contribution in [0.25, 0.3) is 0 Å². The first-order valence-corrected chi connectivity index (χ1v) is 13.6. The molecule has 4 N–H and O–H groups in total. The number of hydrogen-bond acceptors (Lipinski definition) is 6. The second-order valence-corrected chi connectivity index (χ2v) is 9.62. The van der Waals surface area contributed by atoms with E-state index in [1.54, 1.807) is 0 Å². The van der Waals surface area contributed by atoms with Crippen LogP contribution in [0.5, 0.6) is 0 Å². The Balaban J connectivity index is 0.000000231. The molecule has 1 fully saturated rings. The fraction of sp³-hybridized carbons (Fsp3) is 0.182. The van der Waals surface area contributed by atoms with Crippen molar-refractivity contribution in [3.8, 4) is 0 Å². The van der Waals surface area contributed by atoms with Gasteiger partial charge >= 0.3 is 6.03 Å². The number of benzene rings is 4. The monoisotopic (exact) mass is 602 g/mol. The Bertz CT molecular complexity index is 1410. The van der Waals surface area contributed by atoms with Gasteiger partial charge in [-0.3, -0.25) is 19.3 Å². The molecule has 1 aliphatic heterocycles. The van der Waals surface area contributed by atoms with Crippen molar-refractivity contribution in [1.29, 1.82) is 0 Å². The zero-order valence-electron chi connectivity index (χ0n) is 23.5. The predicted octanol–water partition coefficient (Wildman–Crippen LogP) is 4.51. The van der Waals surface area contributed by atoms with Crippen molar-refractivity contribution in [3.05, 3.63) is 144 Å². The highest BCUT2D eigenvalue weighted by molar-refractivity contribution is 6.03. The average Bonchev–Trinajstić information content (AvgIpc) is 3.29. The minimum atomic E-state index is -0.617. The molecule has 4 amide bonds. The maximum absolute atomic E-state index is 12.3. The Morgan fingerprint density at radius 3 is 1.74 bits per heavy atom. The van der Waals surface area contributed by atoms with Crippen LogP contribution in [0, 0.1) is 0 Å². The lowest BCUT2D eigenvalue weighted by Gasteiger charge is -2.12. The average molecular weight is 603 g/mol. The number of carbonyl (C=O) groups excluding carboxylic acids is 3. The third-order valence-electron chi connectivity index (χ3n) is 6.36. The summed E-state index contributed by atoms with van der Waals surface area (Å²) in [7, 11) is 0. The number of nitrogens with two attached hydrogens (primary N) is 1. The van der Waals surface area contributed by atoms with Crippen LogP contribution in [-0.4, -0.2) is 35.0 Å². The molecule has 0 radical (unpaired) electrons. The maximum Gasteiger partial charge on any atom is 0.349 e. The van der Waals surface area contributed by atoms with Crippen molar-refractivity contribution in [2.45, 2.75) is 38.1 Å². The lowest BCUT2D eigenvalue weighted by molar-refractivity contribution is -0.167. The molecule has 10 heteroatoms. The van der Waals surface area contributed by atoms with Crippen molar-refractivity contribution < 1.29 is 24.1 Å². The van der Waals surface area contributed by atoms with Crippen molar-refractivity contribution in [1.82, 2.24) is 15.9 Å². The van der Waals surface area contributed by atoms with Crippen molar-refractivity contribution in [2.75, 3.05) is 0 Å². The number of carbonyl (C=O) groups is 3. The molecule has 0 bridgehead atoms. The summed E-state index contributed by atoms with van der Waals surface area (Å²) < 4.78 is 0. The van der Waals surface area contributed by atoms with Gasteiger partial charge in [0.15, 0.2) is 0 Å². The van der Waals surface area contributed by atoms with Crippen LogP contribution < -0.4 is 16.5 Å². The highest BCUT2D eigenvalue weighted by Crippen LogP contribution is 2.14. The van der Waals surface area contributed by atoms with Gasteiger partial charge in [0, 0.05) is 6.42 Å². The molecule has 0 unspecified atom stereocenters. The van der Waals surface area contributed by atoms with Gasteiger partial charge in [-0.1, -0.05) is 121 Å². The summed E-state index contributed by atoms with van der Waals surface area (Å²) in [6.45, 7) is 0.503. The van der Waals surface area contributed by atoms with Crippen LogP contribution >= 0.6 is 12.4 Å². The van der Waals surface area contributed by atoms with Gasteiger partial charge < -0.3 is 11.1 Å². The number of nitrogens with zero attached hydrogens (tertiary/aromatic N) is 1. The van der Waals surface area contributed by atoms with E-state index in [1.807, 2.05) is 121 Å². The van der Waals surface area contributed by atoms with Gasteiger partial charge in [0.25, 0.3) is 11.8 Å². The highest BCUT2D eigenvalue weighted by atomic mass is 35.5. The molecule has 1 aliphatic rings. The summed E-state index contributed by atoms with van der Waals surface area (Å²) in [5.74, 6) is -0.672. The zero-order chi connectivity index (χ0) is 29.6. The summed E-state index contributed by atoms with van der Waals surface area (Å²) in [5.41, 5.74) is 12.1. The van der Waals surface area contributed by atoms with E-state index in [4.69, 9.17) is 15.4 Å². The summed E-state index contributed by atoms with van der Waals surface area (Å²) in [6.07, 6.45) is 0.942. The molecule has 4 aromatic carbocycles. The zero-order valence-corrected chi connectivity index (χ0v) is 24.3. The Hall–Kier alpha value is -4.54. The van der Waals surface area contributed by atoms with E-state index in [0.29, 0.717) is 19.4 Å². The minimum Gasteiger partial charge on any atom is -0.324 e. The van der Waals surface area contributed by atoms with Crippen LogP contribution in [0.3, 0.4) is 0 Å². The van der Waals surface area contributed by atoms with Gasteiger partial charge in [0.05, 0.1) is 12.6 Å². The molecule has 2 atom stereocenters. The fourth-order valence-corrected chi connectivity index (χ4v) is 4.14. The van der Waals surface area contributed by atoms with E-state index >= 15 is 0 Å². The van der Waals surface area contributed by atoms with Gasteiger partial charge in [-0.15, -0.1) is 17.5 Å². The quantitative estimate of drug-likeness (QED) is 0.172. The Labute approximate surface area is 257 Å². The molecule has 1 heterocycles. The molecular weight excluding hydrogens is 568 g/mol. The largest absolute Gasteiger partial charge is 0.349 e. The number of nitrogens with one attached hydrogen (secondary N) is 2. The second-order valence-electron chi connectivity index (χ2n) is 9.62. The molecule has 0 saturated carbocycles. The van der Waals surface area contributed by atoms with Crippen LogP contribution in [0.4, 0.5) is 4.79 Å². The van der Waals surface area contributed by atoms with Gasteiger partial charge in [0.2, 0.25) is 0 Å².